The van der Waals surface area contributed by atoms with Crippen molar-refractivity contribution in [1.29, 1.82) is 0 Å². The number of nitrogens with one attached hydrogen (secondary N) is 2. The van der Waals surface area contributed by atoms with Crippen molar-refractivity contribution in [2.75, 3.05) is 12.4 Å². The summed E-state index contributed by atoms with van der Waals surface area (Å²) in [6.07, 6.45) is -0.0660. The first-order valence-corrected chi connectivity index (χ1v) is 10.9. The number of carbonyl (C=O) groups is 2. The van der Waals surface area contributed by atoms with E-state index in [2.05, 4.69) is 23.6 Å². The maximum absolute atomic E-state index is 13.1. The van der Waals surface area contributed by atoms with E-state index in [-0.39, 0.29) is 24.2 Å². The molecular formula is C25H25ClN2O3. The highest BCUT2D eigenvalue weighted by atomic mass is 35.5. The second kappa shape index (κ2) is 8.98. The zero-order chi connectivity index (χ0) is 22.0. The van der Waals surface area contributed by atoms with Crippen molar-refractivity contribution in [2.45, 2.75) is 32.4 Å². The summed E-state index contributed by atoms with van der Waals surface area (Å²) in [6, 6.07) is 17.7. The molecule has 0 bridgehead atoms. The van der Waals surface area contributed by atoms with Crippen LogP contribution in [-0.4, -0.2) is 30.3 Å². The van der Waals surface area contributed by atoms with Crippen LogP contribution in [0.5, 0.6) is 5.75 Å². The highest BCUT2D eigenvalue weighted by Crippen LogP contribution is 2.32. The van der Waals surface area contributed by atoms with E-state index in [1.54, 1.807) is 0 Å². The molecule has 4 rings (SSSR count). The van der Waals surface area contributed by atoms with Gasteiger partial charge in [0.2, 0.25) is 5.91 Å². The van der Waals surface area contributed by atoms with Crippen LogP contribution < -0.4 is 15.4 Å². The molecule has 0 aliphatic carbocycles. The van der Waals surface area contributed by atoms with Crippen LogP contribution >= 0.6 is 11.6 Å². The minimum Gasteiger partial charge on any atom is -0.480 e. The molecule has 160 valence electrons. The van der Waals surface area contributed by atoms with Gasteiger partial charge in [0.05, 0.1) is 6.04 Å². The minimum absolute atomic E-state index is 0.127. The van der Waals surface area contributed by atoms with Gasteiger partial charge in [-0.2, -0.15) is 0 Å². The third-order valence-corrected chi connectivity index (χ3v) is 6.00. The van der Waals surface area contributed by atoms with Crippen molar-refractivity contribution < 1.29 is 14.3 Å². The van der Waals surface area contributed by atoms with E-state index < -0.39 is 12.1 Å². The summed E-state index contributed by atoms with van der Waals surface area (Å²) >= 11 is 5.63. The third-order valence-electron chi connectivity index (χ3n) is 5.76. The highest BCUT2D eigenvalue weighted by molar-refractivity contribution is 6.27. The van der Waals surface area contributed by atoms with E-state index in [1.165, 1.54) is 5.56 Å². The quantitative estimate of drug-likeness (QED) is 0.574. The molecule has 31 heavy (non-hydrogen) atoms. The summed E-state index contributed by atoms with van der Waals surface area (Å²) < 4.78 is 5.94. The van der Waals surface area contributed by atoms with Gasteiger partial charge in [0.25, 0.3) is 5.91 Å². The molecule has 2 N–H and O–H groups in total. The van der Waals surface area contributed by atoms with Crippen molar-refractivity contribution >= 4 is 34.2 Å². The fourth-order valence-corrected chi connectivity index (χ4v) is 3.96. The van der Waals surface area contributed by atoms with Gasteiger partial charge < -0.3 is 15.4 Å². The Morgan fingerprint density at radius 3 is 2.58 bits per heavy atom. The van der Waals surface area contributed by atoms with Gasteiger partial charge in [0.1, 0.15) is 11.6 Å². The molecule has 2 amide bonds. The Labute approximate surface area is 186 Å². The van der Waals surface area contributed by atoms with Crippen LogP contribution in [0.1, 0.15) is 28.3 Å². The number of halogens is 1. The number of hydrogen-bond acceptors (Lipinski definition) is 3. The monoisotopic (exact) mass is 436 g/mol. The van der Waals surface area contributed by atoms with Crippen LogP contribution in [0, 0.1) is 13.8 Å². The second-order valence-corrected chi connectivity index (χ2v) is 8.23. The van der Waals surface area contributed by atoms with E-state index in [0.29, 0.717) is 6.42 Å². The predicted octanol–water partition coefficient (Wildman–Crippen LogP) is 3.97. The number of benzene rings is 3. The van der Waals surface area contributed by atoms with Crippen molar-refractivity contribution in [1.82, 2.24) is 10.6 Å². The topological polar surface area (TPSA) is 67.4 Å². The first-order valence-electron chi connectivity index (χ1n) is 10.3. The molecule has 0 saturated carbocycles. The van der Waals surface area contributed by atoms with Gasteiger partial charge in [-0.05, 0) is 59.0 Å². The summed E-state index contributed by atoms with van der Waals surface area (Å²) in [7, 11) is 0. The molecule has 0 fully saturated rings. The number of ether oxygens (including phenoxy) is 1. The van der Waals surface area contributed by atoms with Crippen molar-refractivity contribution in [2.24, 2.45) is 0 Å². The lowest BCUT2D eigenvalue weighted by molar-refractivity contribution is -0.128. The lowest BCUT2D eigenvalue weighted by atomic mass is 10.0. The first-order chi connectivity index (χ1) is 14.9. The summed E-state index contributed by atoms with van der Waals surface area (Å²) in [6.45, 7) is 4.33. The standard InChI is InChI=1S/C25H25ClN2O3/c1-15-9-20-12-23(31-22(20)10-16(15)2)25(30)28-21(14-27-24(29)13-26)19-8-7-17-5-3-4-6-18(17)11-19/h3-11,21,23H,12-14H2,1-2H3,(H,27,29)(H,28,30). The molecule has 1 aliphatic heterocycles. The minimum atomic E-state index is -0.595. The first kappa shape index (κ1) is 21.2. The summed E-state index contributed by atoms with van der Waals surface area (Å²) in [5.41, 5.74) is 4.27. The van der Waals surface area contributed by atoms with Gasteiger partial charge >= 0.3 is 0 Å². The number of fused-ring (bicyclic) bond motifs is 2. The predicted molar refractivity (Wildman–Crippen MR) is 123 cm³/mol. The molecule has 5 nitrogen and oxygen atoms in total. The Bertz CT molecular complexity index is 1110. The second-order valence-electron chi connectivity index (χ2n) is 7.96. The molecule has 3 aromatic rings. The zero-order valence-electron chi connectivity index (χ0n) is 17.6. The van der Waals surface area contributed by atoms with Crippen LogP contribution in [0.25, 0.3) is 10.8 Å². The van der Waals surface area contributed by atoms with Crippen LogP contribution in [0.3, 0.4) is 0 Å². The Morgan fingerprint density at radius 2 is 1.81 bits per heavy atom. The third kappa shape index (κ3) is 4.67. The fraction of sp³-hybridized carbons (Fsp3) is 0.280. The normalized spacial score (nSPS) is 15.8. The van der Waals surface area contributed by atoms with Crippen molar-refractivity contribution in [3.8, 4) is 5.75 Å². The molecule has 0 radical (unpaired) electrons. The SMILES string of the molecule is Cc1cc2c(cc1C)OC(C(=O)NC(CNC(=O)CCl)c1ccc3ccccc3c1)C2. The van der Waals surface area contributed by atoms with Gasteiger partial charge in [0.15, 0.2) is 6.10 Å². The van der Waals surface area contributed by atoms with Gasteiger partial charge in [0, 0.05) is 13.0 Å². The van der Waals surface area contributed by atoms with Gasteiger partial charge in [-0.1, -0.05) is 42.5 Å². The van der Waals surface area contributed by atoms with E-state index >= 15 is 0 Å². The van der Waals surface area contributed by atoms with Crippen molar-refractivity contribution in [3.63, 3.8) is 0 Å². The van der Waals surface area contributed by atoms with Gasteiger partial charge in [-0.3, -0.25) is 9.59 Å². The summed E-state index contributed by atoms with van der Waals surface area (Å²) in [4.78, 5) is 24.8. The van der Waals surface area contributed by atoms with Crippen LogP contribution in [0.15, 0.2) is 54.6 Å². The molecule has 0 saturated heterocycles. The molecule has 1 aliphatic rings. The number of rotatable bonds is 6. The van der Waals surface area contributed by atoms with Crippen LogP contribution in [0.2, 0.25) is 0 Å². The average molecular weight is 437 g/mol. The maximum Gasteiger partial charge on any atom is 0.261 e. The summed E-state index contributed by atoms with van der Waals surface area (Å²) in [5, 5.41) is 8.02. The van der Waals surface area contributed by atoms with E-state index in [9.17, 15) is 9.59 Å². The molecule has 6 heteroatoms. The Morgan fingerprint density at radius 1 is 1.06 bits per heavy atom. The molecule has 0 spiro atoms. The molecule has 0 aromatic heterocycles. The number of aryl methyl sites for hydroxylation is 2. The average Bonchev–Trinajstić information content (AvgIpc) is 3.19. The van der Waals surface area contributed by atoms with Crippen LogP contribution in [0.4, 0.5) is 0 Å². The molecule has 3 aromatic carbocycles. The number of alkyl halides is 1. The summed E-state index contributed by atoms with van der Waals surface area (Å²) in [5.74, 6) is 0.154. The van der Waals surface area contributed by atoms with E-state index in [1.807, 2.05) is 55.5 Å². The number of carbonyl (C=O) groups excluding carboxylic acids is 2. The smallest absolute Gasteiger partial charge is 0.261 e. The van der Waals surface area contributed by atoms with Gasteiger partial charge in [-0.15, -0.1) is 11.6 Å². The number of hydrogen-bond donors (Lipinski definition) is 2. The lowest BCUT2D eigenvalue weighted by Crippen LogP contribution is -2.43. The van der Waals surface area contributed by atoms with E-state index in [4.69, 9.17) is 16.3 Å². The Hall–Kier alpha value is -3.05. The molecule has 2 unspecified atom stereocenters. The fourth-order valence-electron chi connectivity index (χ4n) is 3.86. The number of amides is 2. The highest BCUT2D eigenvalue weighted by Gasteiger charge is 2.31. The van der Waals surface area contributed by atoms with Gasteiger partial charge in [-0.25, -0.2) is 0 Å². The molecule has 2 atom stereocenters. The van der Waals surface area contributed by atoms with E-state index in [0.717, 1.165) is 33.2 Å². The van der Waals surface area contributed by atoms with Crippen LogP contribution in [-0.2, 0) is 16.0 Å². The maximum atomic E-state index is 13.1. The lowest BCUT2D eigenvalue weighted by Gasteiger charge is -2.22. The molecular weight excluding hydrogens is 412 g/mol. The Balaban J connectivity index is 1.54. The molecule has 1 heterocycles. The largest absolute Gasteiger partial charge is 0.480 e. The zero-order valence-corrected chi connectivity index (χ0v) is 18.3. The Kier molecular flexibility index (Phi) is 6.14. The van der Waals surface area contributed by atoms with Crippen molar-refractivity contribution in [3.05, 3.63) is 76.9 Å².